The Morgan fingerprint density at radius 1 is 1.08 bits per heavy atom. The minimum Gasteiger partial charge on any atom is -0.328 e. The van der Waals surface area contributed by atoms with Crippen molar-refractivity contribution in [2.24, 2.45) is 5.73 Å². The van der Waals surface area contributed by atoms with Crippen LogP contribution in [0.5, 0.6) is 0 Å². The third-order valence-electron chi connectivity index (χ3n) is 2.17. The Labute approximate surface area is 83.4 Å². The maximum atomic E-state index is 5.65. The molecule has 13 heavy (non-hydrogen) atoms. The summed E-state index contributed by atoms with van der Waals surface area (Å²) in [6.45, 7) is 4.32. The van der Waals surface area contributed by atoms with Crippen LogP contribution in [0.4, 0.5) is 0 Å². The molecule has 0 aliphatic rings. The van der Waals surface area contributed by atoms with Gasteiger partial charge in [0.2, 0.25) is 0 Å². The van der Waals surface area contributed by atoms with Crippen LogP contribution in [0.2, 0.25) is 0 Å². The standard InChI is InChI=1S/C12H25N/c1-3-4-5-6-7-8-9-10-11-12(2)13/h7-8,12H,3-6,9-11,13H2,1-2H3/b8-7-. The van der Waals surface area contributed by atoms with Gasteiger partial charge >= 0.3 is 0 Å². The van der Waals surface area contributed by atoms with Gasteiger partial charge in [0.05, 0.1) is 0 Å². The average Bonchev–Trinajstić information content (AvgIpc) is 2.09. The van der Waals surface area contributed by atoms with E-state index in [4.69, 9.17) is 5.73 Å². The van der Waals surface area contributed by atoms with Crippen LogP contribution in [0, 0.1) is 0 Å². The van der Waals surface area contributed by atoms with Gasteiger partial charge in [-0.25, -0.2) is 0 Å². The summed E-state index contributed by atoms with van der Waals surface area (Å²) < 4.78 is 0. The zero-order chi connectivity index (χ0) is 9.94. The fraction of sp³-hybridized carbons (Fsp3) is 0.833. The van der Waals surface area contributed by atoms with E-state index in [0.29, 0.717) is 6.04 Å². The average molecular weight is 183 g/mol. The van der Waals surface area contributed by atoms with Crippen LogP contribution in [0.25, 0.3) is 0 Å². The molecule has 0 aromatic carbocycles. The van der Waals surface area contributed by atoms with Crippen molar-refractivity contribution in [2.75, 3.05) is 0 Å². The lowest BCUT2D eigenvalue weighted by Gasteiger charge is -2.00. The van der Waals surface area contributed by atoms with Crippen molar-refractivity contribution in [3.05, 3.63) is 12.2 Å². The Balaban J connectivity index is 3.03. The number of hydrogen-bond donors (Lipinski definition) is 1. The topological polar surface area (TPSA) is 26.0 Å². The van der Waals surface area contributed by atoms with E-state index in [0.717, 1.165) is 6.42 Å². The van der Waals surface area contributed by atoms with E-state index in [9.17, 15) is 0 Å². The smallest absolute Gasteiger partial charge is 0.00105 e. The van der Waals surface area contributed by atoms with E-state index in [1.807, 2.05) is 0 Å². The largest absolute Gasteiger partial charge is 0.328 e. The minimum absolute atomic E-state index is 0.369. The van der Waals surface area contributed by atoms with Crippen molar-refractivity contribution >= 4 is 0 Å². The lowest BCUT2D eigenvalue weighted by molar-refractivity contribution is 0.629. The molecule has 0 amide bonds. The number of nitrogens with two attached hydrogens (primary N) is 1. The molecule has 0 aromatic heterocycles. The molecular weight excluding hydrogens is 158 g/mol. The first-order valence-corrected chi connectivity index (χ1v) is 5.68. The fourth-order valence-corrected chi connectivity index (χ4v) is 1.31. The molecule has 0 spiro atoms. The first-order valence-electron chi connectivity index (χ1n) is 5.68. The SMILES string of the molecule is CCCCC/C=C\CCCC(C)N. The normalized spacial score (nSPS) is 13.8. The summed E-state index contributed by atoms with van der Waals surface area (Å²) in [5.74, 6) is 0. The summed E-state index contributed by atoms with van der Waals surface area (Å²) in [7, 11) is 0. The van der Waals surface area contributed by atoms with Crippen LogP contribution in [-0.2, 0) is 0 Å². The van der Waals surface area contributed by atoms with E-state index >= 15 is 0 Å². The van der Waals surface area contributed by atoms with Gasteiger partial charge in [-0.05, 0) is 39.0 Å². The highest BCUT2D eigenvalue weighted by molar-refractivity contribution is 4.81. The molecule has 0 saturated carbocycles. The first-order chi connectivity index (χ1) is 6.27. The van der Waals surface area contributed by atoms with Crippen LogP contribution in [0.3, 0.4) is 0 Å². The van der Waals surface area contributed by atoms with Gasteiger partial charge in [0.1, 0.15) is 0 Å². The molecule has 1 unspecified atom stereocenters. The zero-order valence-electron chi connectivity index (χ0n) is 9.26. The fourth-order valence-electron chi connectivity index (χ4n) is 1.31. The lowest BCUT2D eigenvalue weighted by atomic mass is 10.1. The van der Waals surface area contributed by atoms with E-state index in [2.05, 4.69) is 26.0 Å². The lowest BCUT2D eigenvalue weighted by Crippen LogP contribution is -2.13. The predicted octanol–water partition coefficient (Wildman–Crippen LogP) is 3.64. The highest BCUT2D eigenvalue weighted by Gasteiger charge is 1.90. The van der Waals surface area contributed by atoms with Crippen molar-refractivity contribution in [3.8, 4) is 0 Å². The van der Waals surface area contributed by atoms with Crippen LogP contribution < -0.4 is 5.73 Å². The van der Waals surface area contributed by atoms with Gasteiger partial charge in [-0.2, -0.15) is 0 Å². The van der Waals surface area contributed by atoms with Crippen molar-refractivity contribution in [3.63, 3.8) is 0 Å². The molecular formula is C12H25N. The Hall–Kier alpha value is -0.300. The summed E-state index contributed by atoms with van der Waals surface area (Å²) in [6.07, 6.45) is 13.5. The van der Waals surface area contributed by atoms with E-state index in [1.165, 1.54) is 38.5 Å². The third-order valence-corrected chi connectivity index (χ3v) is 2.17. The Morgan fingerprint density at radius 2 is 1.69 bits per heavy atom. The number of allylic oxidation sites excluding steroid dienone is 2. The second-order valence-electron chi connectivity index (χ2n) is 3.88. The van der Waals surface area contributed by atoms with Crippen LogP contribution in [0.1, 0.15) is 58.8 Å². The highest BCUT2D eigenvalue weighted by atomic mass is 14.6. The van der Waals surface area contributed by atoms with Crippen LogP contribution >= 0.6 is 0 Å². The maximum Gasteiger partial charge on any atom is 0.00105 e. The van der Waals surface area contributed by atoms with Crippen molar-refractivity contribution in [2.45, 2.75) is 64.8 Å². The second kappa shape index (κ2) is 9.79. The number of hydrogen-bond acceptors (Lipinski definition) is 1. The van der Waals surface area contributed by atoms with Crippen molar-refractivity contribution in [1.82, 2.24) is 0 Å². The molecule has 0 aliphatic carbocycles. The van der Waals surface area contributed by atoms with Gasteiger partial charge in [-0.1, -0.05) is 31.9 Å². The predicted molar refractivity (Wildman–Crippen MR) is 60.8 cm³/mol. The third kappa shape index (κ3) is 11.7. The quantitative estimate of drug-likeness (QED) is 0.451. The molecule has 1 heteroatoms. The minimum atomic E-state index is 0.369. The van der Waals surface area contributed by atoms with E-state index in [-0.39, 0.29) is 0 Å². The van der Waals surface area contributed by atoms with Gasteiger partial charge in [-0.3, -0.25) is 0 Å². The summed E-state index contributed by atoms with van der Waals surface area (Å²) in [5.41, 5.74) is 5.65. The highest BCUT2D eigenvalue weighted by Crippen LogP contribution is 2.03. The molecule has 2 N–H and O–H groups in total. The van der Waals surface area contributed by atoms with Gasteiger partial charge in [-0.15, -0.1) is 0 Å². The maximum absolute atomic E-state index is 5.65. The van der Waals surface area contributed by atoms with Gasteiger partial charge in [0.25, 0.3) is 0 Å². The molecule has 0 heterocycles. The summed E-state index contributed by atoms with van der Waals surface area (Å²) in [5, 5.41) is 0. The molecule has 0 saturated heterocycles. The Bertz CT molecular complexity index is 116. The zero-order valence-corrected chi connectivity index (χ0v) is 9.26. The molecule has 0 radical (unpaired) electrons. The molecule has 1 atom stereocenters. The van der Waals surface area contributed by atoms with Gasteiger partial charge in [0, 0.05) is 6.04 Å². The van der Waals surface area contributed by atoms with E-state index < -0.39 is 0 Å². The van der Waals surface area contributed by atoms with Gasteiger partial charge in [0.15, 0.2) is 0 Å². The molecule has 0 aromatic rings. The molecule has 1 nitrogen and oxygen atoms in total. The molecule has 0 rings (SSSR count). The van der Waals surface area contributed by atoms with Crippen molar-refractivity contribution in [1.29, 1.82) is 0 Å². The Morgan fingerprint density at radius 3 is 2.23 bits per heavy atom. The summed E-state index contributed by atoms with van der Waals surface area (Å²) >= 11 is 0. The molecule has 0 bridgehead atoms. The summed E-state index contributed by atoms with van der Waals surface area (Å²) in [6, 6.07) is 0.369. The number of rotatable bonds is 8. The second-order valence-corrected chi connectivity index (χ2v) is 3.88. The molecule has 0 aliphatic heterocycles. The van der Waals surface area contributed by atoms with Crippen LogP contribution in [-0.4, -0.2) is 6.04 Å². The summed E-state index contributed by atoms with van der Waals surface area (Å²) in [4.78, 5) is 0. The van der Waals surface area contributed by atoms with Crippen LogP contribution in [0.15, 0.2) is 12.2 Å². The van der Waals surface area contributed by atoms with Gasteiger partial charge < -0.3 is 5.73 Å². The van der Waals surface area contributed by atoms with E-state index in [1.54, 1.807) is 0 Å². The molecule has 78 valence electrons. The monoisotopic (exact) mass is 183 g/mol. The number of unbranched alkanes of at least 4 members (excludes halogenated alkanes) is 4. The Kier molecular flexibility index (Phi) is 9.56. The van der Waals surface area contributed by atoms with Crippen molar-refractivity contribution < 1.29 is 0 Å². The first kappa shape index (κ1) is 12.7. The molecule has 0 fully saturated rings.